The third-order valence-corrected chi connectivity index (χ3v) is 10.8. The normalized spacial score (nSPS) is 28.9. The van der Waals surface area contributed by atoms with Gasteiger partial charge in [0.2, 0.25) is 0 Å². The highest BCUT2D eigenvalue weighted by Gasteiger charge is 2.59. The van der Waals surface area contributed by atoms with E-state index in [9.17, 15) is 14.7 Å². The van der Waals surface area contributed by atoms with Gasteiger partial charge in [-0.05, 0) is 23.9 Å². The number of carbonyl (C=O) groups is 2. The van der Waals surface area contributed by atoms with Crippen LogP contribution in [0.1, 0.15) is 41.5 Å². The van der Waals surface area contributed by atoms with Gasteiger partial charge in [-0.25, -0.2) is 0 Å². The van der Waals surface area contributed by atoms with Gasteiger partial charge in [-0.3, -0.25) is 9.59 Å². The fourth-order valence-corrected chi connectivity index (χ4v) is 4.80. The Labute approximate surface area is 167 Å². The summed E-state index contributed by atoms with van der Waals surface area (Å²) in [5.41, 5.74) is 0. The van der Waals surface area contributed by atoms with E-state index in [4.69, 9.17) is 18.6 Å². The smallest absolute Gasteiger partial charge is 0.303 e. The molecule has 0 unspecified atom stereocenters. The highest BCUT2D eigenvalue weighted by molar-refractivity contribution is 8.00. The monoisotopic (exact) mass is 422 g/mol. The number of rotatable bonds is 8. The van der Waals surface area contributed by atoms with Crippen molar-refractivity contribution in [1.29, 1.82) is 0 Å². The molecule has 0 radical (unpaired) electrons. The quantitative estimate of drug-likeness (QED) is 0.472. The third-order valence-electron chi connectivity index (χ3n) is 5.07. The molecule has 158 valence electrons. The van der Waals surface area contributed by atoms with E-state index >= 15 is 0 Å². The lowest BCUT2D eigenvalue weighted by Gasteiger charge is -2.37. The highest BCUT2D eigenvalue weighted by Crippen LogP contribution is 2.44. The summed E-state index contributed by atoms with van der Waals surface area (Å²) in [5, 5.41) is 10.1. The van der Waals surface area contributed by atoms with Crippen LogP contribution in [0.15, 0.2) is 0 Å². The van der Waals surface area contributed by atoms with Gasteiger partial charge in [-0.2, -0.15) is 0 Å². The van der Waals surface area contributed by atoms with Crippen LogP contribution in [-0.2, 0) is 28.2 Å². The fraction of sp³-hybridized carbons (Fsp3) is 0.889. The third kappa shape index (κ3) is 5.93. The standard InChI is InChI=1S/C18H34O7SSi/c1-9-26-18(11-19)16(24-13(3)21)15(23-12(2)20)14(25-18)10-22-27(7,8)17(4,5)6/h14-16,19H,9-11H2,1-8H3/t14-,15-,16+,18-/m1/s1. The maximum Gasteiger partial charge on any atom is 0.303 e. The minimum Gasteiger partial charge on any atom is -0.456 e. The van der Waals surface area contributed by atoms with Gasteiger partial charge in [0.25, 0.3) is 0 Å². The van der Waals surface area contributed by atoms with Crippen molar-refractivity contribution in [3.8, 4) is 0 Å². The predicted molar refractivity (Wildman–Crippen MR) is 107 cm³/mol. The summed E-state index contributed by atoms with van der Waals surface area (Å²) in [5.74, 6) is -0.407. The second kappa shape index (κ2) is 9.26. The number of carbonyl (C=O) groups excluding carboxylic acids is 2. The second-order valence-corrected chi connectivity index (χ2v) is 14.6. The second-order valence-electron chi connectivity index (χ2n) is 8.23. The topological polar surface area (TPSA) is 91.3 Å². The average Bonchev–Trinajstić information content (AvgIpc) is 2.78. The molecule has 0 saturated carbocycles. The Morgan fingerprint density at radius 1 is 1.19 bits per heavy atom. The van der Waals surface area contributed by atoms with E-state index in [0.29, 0.717) is 5.75 Å². The van der Waals surface area contributed by atoms with Gasteiger partial charge in [0.1, 0.15) is 6.10 Å². The van der Waals surface area contributed by atoms with Gasteiger partial charge in [0, 0.05) is 13.8 Å². The summed E-state index contributed by atoms with van der Waals surface area (Å²) in [6, 6.07) is 0. The van der Waals surface area contributed by atoms with Crippen molar-refractivity contribution in [2.45, 2.75) is 82.9 Å². The van der Waals surface area contributed by atoms with Gasteiger partial charge in [0.05, 0.1) is 13.2 Å². The number of hydrogen-bond donors (Lipinski definition) is 1. The number of thioether (sulfide) groups is 1. The summed E-state index contributed by atoms with van der Waals surface area (Å²) in [4.78, 5) is 22.1. The van der Waals surface area contributed by atoms with Crippen molar-refractivity contribution in [3.63, 3.8) is 0 Å². The molecule has 1 rings (SSSR count). The van der Waals surface area contributed by atoms with Crippen molar-refractivity contribution >= 4 is 32.0 Å². The number of hydrogen-bond acceptors (Lipinski definition) is 8. The van der Waals surface area contributed by atoms with E-state index in [0.717, 1.165) is 0 Å². The molecule has 1 heterocycles. The van der Waals surface area contributed by atoms with E-state index in [1.165, 1.54) is 25.6 Å². The van der Waals surface area contributed by atoms with Crippen LogP contribution in [-0.4, -0.2) is 67.6 Å². The molecule has 0 aromatic heterocycles. The fourth-order valence-electron chi connectivity index (χ4n) is 2.67. The first kappa shape index (κ1) is 24.4. The molecule has 1 aliphatic rings. The molecule has 1 N–H and O–H groups in total. The van der Waals surface area contributed by atoms with Gasteiger partial charge in [-0.15, -0.1) is 11.8 Å². The van der Waals surface area contributed by atoms with Crippen LogP contribution in [0.4, 0.5) is 0 Å². The Balaban J connectivity index is 3.16. The summed E-state index contributed by atoms with van der Waals surface area (Å²) in [6.07, 6.45) is -2.40. The molecule has 0 amide bonds. The van der Waals surface area contributed by atoms with E-state index in [1.54, 1.807) is 0 Å². The van der Waals surface area contributed by atoms with Gasteiger partial charge < -0.3 is 23.7 Å². The van der Waals surface area contributed by atoms with Gasteiger partial charge >= 0.3 is 11.9 Å². The first-order valence-electron chi connectivity index (χ1n) is 9.20. The Hall–Kier alpha value is -0.613. The first-order chi connectivity index (χ1) is 12.3. The van der Waals surface area contributed by atoms with Crippen molar-refractivity contribution < 1.29 is 33.3 Å². The molecule has 27 heavy (non-hydrogen) atoms. The predicted octanol–water partition coefficient (Wildman–Crippen LogP) is 2.71. The maximum atomic E-state index is 11.7. The molecule has 0 spiro atoms. The minimum atomic E-state index is -2.07. The number of ether oxygens (including phenoxy) is 3. The highest BCUT2D eigenvalue weighted by atomic mass is 32.2. The van der Waals surface area contributed by atoms with Crippen LogP contribution in [0.3, 0.4) is 0 Å². The molecule has 9 heteroatoms. The lowest BCUT2D eigenvalue weighted by Crippen LogP contribution is -2.48. The van der Waals surface area contributed by atoms with E-state index in [-0.39, 0.29) is 18.3 Å². The van der Waals surface area contributed by atoms with E-state index in [2.05, 4.69) is 33.9 Å². The molecular weight excluding hydrogens is 388 g/mol. The number of aliphatic hydroxyl groups is 1. The Bertz CT molecular complexity index is 534. The Morgan fingerprint density at radius 3 is 2.15 bits per heavy atom. The molecule has 1 fully saturated rings. The molecule has 1 saturated heterocycles. The summed E-state index contributed by atoms with van der Waals surface area (Å²) in [6.45, 7) is 14.9. The van der Waals surface area contributed by atoms with E-state index in [1.807, 2.05) is 6.92 Å². The van der Waals surface area contributed by atoms with Crippen LogP contribution in [0, 0.1) is 0 Å². The molecule has 0 bridgehead atoms. The molecule has 7 nitrogen and oxygen atoms in total. The maximum absolute atomic E-state index is 11.7. The van der Waals surface area contributed by atoms with Crippen molar-refractivity contribution in [1.82, 2.24) is 0 Å². The molecule has 1 aliphatic heterocycles. The first-order valence-corrected chi connectivity index (χ1v) is 13.1. The van der Waals surface area contributed by atoms with E-state index < -0.39 is 43.5 Å². The van der Waals surface area contributed by atoms with Crippen molar-refractivity contribution in [2.75, 3.05) is 19.0 Å². The summed E-state index contributed by atoms with van der Waals surface area (Å²) >= 11 is 1.32. The molecular formula is C18H34O7SSi. The lowest BCUT2D eigenvalue weighted by molar-refractivity contribution is -0.165. The molecule has 0 aliphatic carbocycles. The molecule has 0 aromatic carbocycles. The Kier molecular flexibility index (Phi) is 8.37. The van der Waals surface area contributed by atoms with Crippen LogP contribution in [0.25, 0.3) is 0 Å². The van der Waals surface area contributed by atoms with Crippen molar-refractivity contribution in [2.24, 2.45) is 0 Å². The lowest BCUT2D eigenvalue weighted by atomic mass is 10.1. The minimum absolute atomic E-state index is 0.00402. The number of esters is 2. The molecule has 4 atom stereocenters. The SMILES string of the molecule is CCS[C@@]1(CO)O[C@H](CO[Si](C)(C)C(C)(C)C)[C@@H](OC(C)=O)[C@@H]1OC(C)=O. The van der Waals surface area contributed by atoms with Gasteiger partial charge in [0.15, 0.2) is 25.5 Å². The van der Waals surface area contributed by atoms with Crippen LogP contribution < -0.4 is 0 Å². The zero-order valence-corrected chi connectivity index (χ0v) is 19.5. The van der Waals surface area contributed by atoms with Crippen LogP contribution in [0.5, 0.6) is 0 Å². The van der Waals surface area contributed by atoms with Crippen molar-refractivity contribution in [3.05, 3.63) is 0 Å². The zero-order chi connectivity index (χ0) is 21.0. The largest absolute Gasteiger partial charge is 0.456 e. The van der Waals surface area contributed by atoms with Gasteiger partial charge in [-0.1, -0.05) is 27.7 Å². The number of aliphatic hydroxyl groups excluding tert-OH is 1. The zero-order valence-electron chi connectivity index (χ0n) is 17.7. The average molecular weight is 423 g/mol. The molecule has 0 aromatic rings. The van der Waals surface area contributed by atoms with Crippen LogP contribution in [0.2, 0.25) is 18.1 Å². The summed E-state index contributed by atoms with van der Waals surface area (Å²) in [7, 11) is -2.07. The van der Waals surface area contributed by atoms with Crippen LogP contribution >= 0.6 is 11.8 Å². The Morgan fingerprint density at radius 2 is 1.74 bits per heavy atom. The summed E-state index contributed by atoms with van der Waals surface area (Å²) < 4.78 is 23.3.